The first-order chi connectivity index (χ1) is 27.6. The molecule has 0 saturated heterocycles. The van der Waals surface area contributed by atoms with E-state index >= 15 is 35.1 Å². The summed E-state index contributed by atoms with van der Waals surface area (Å²) in [5.41, 5.74) is -7.63. The molecule has 6 aromatic rings. The average molecular weight is 863 g/mol. The van der Waals surface area contributed by atoms with Crippen molar-refractivity contribution in [2.75, 3.05) is 0 Å². The number of hydrogen-bond donors (Lipinski definition) is 1. The maximum absolute atomic E-state index is 15.4. The lowest BCUT2D eigenvalue weighted by Gasteiger charge is -2.44. The second-order valence-corrected chi connectivity index (χ2v) is 12.2. The van der Waals surface area contributed by atoms with Crippen molar-refractivity contribution < 1.29 is 93.5 Å². The van der Waals surface area contributed by atoms with Crippen LogP contribution in [-0.2, 0) is 0 Å². The zero-order chi connectivity index (χ0) is 44.2. The summed E-state index contributed by atoms with van der Waals surface area (Å²) in [6.07, 6.45) is -7.22. The van der Waals surface area contributed by atoms with Gasteiger partial charge in [-0.25, -0.2) is 87.8 Å². The number of rotatable bonds is 6. The lowest BCUT2D eigenvalue weighted by molar-refractivity contribution is -0.411. The first-order valence-corrected chi connectivity index (χ1v) is 15.7. The van der Waals surface area contributed by atoms with Crippen molar-refractivity contribution in [3.8, 4) is 0 Å². The first kappa shape index (κ1) is 44.1. The Balaban J connectivity index is 0.000000395. The van der Waals surface area contributed by atoms with Crippen LogP contribution in [0.5, 0.6) is 0 Å². The topological polar surface area (TPSA) is 27.6 Å². The van der Waals surface area contributed by atoms with Gasteiger partial charge in [0.1, 0.15) is 58.7 Å². The predicted octanol–water partition coefficient (Wildman–Crippen LogP) is 7.86. The highest BCUT2D eigenvalue weighted by atomic mass is 19.2. The second kappa shape index (κ2) is 16.3. The van der Waals surface area contributed by atoms with Crippen LogP contribution in [0.25, 0.3) is 0 Å². The van der Waals surface area contributed by atoms with Crippen molar-refractivity contribution in [2.45, 2.75) is 6.04 Å². The molecule has 0 bridgehead atoms. The first-order valence-electron chi connectivity index (χ1n) is 15.7. The molecule has 0 saturated carbocycles. The molecule has 0 aliphatic carbocycles. The van der Waals surface area contributed by atoms with Gasteiger partial charge in [-0.1, -0.05) is 60.7 Å². The standard InChI is InChI=1S/C24BF20.C13H13N/c26-5-1(6(27)14(35)21(42)13(5)34)25(2-7(28)15(36)22(43)16(37)8(2)29,3-9(30)17(38)23(44)18(39)10(3)31)4-11(32)19(40)24(45)20(41)12(4)33;14-13(11-7-3-1-4-8-11)12-9-5-2-6-10-12/h;1-10,13H,14H2/q-1;/p+1. The van der Waals surface area contributed by atoms with E-state index in [4.69, 9.17) is 0 Å². The normalized spacial score (nSPS) is 11.6. The fourth-order valence-electron chi connectivity index (χ4n) is 6.44. The van der Waals surface area contributed by atoms with Crippen molar-refractivity contribution in [3.05, 3.63) is 188 Å². The van der Waals surface area contributed by atoms with E-state index in [-0.39, 0.29) is 6.04 Å². The molecule has 1 nitrogen and oxygen atoms in total. The van der Waals surface area contributed by atoms with E-state index in [1.807, 2.05) is 12.1 Å². The van der Waals surface area contributed by atoms with Gasteiger partial charge in [0.2, 0.25) is 0 Å². The third-order valence-electron chi connectivity index (χ3n) is 9.11. The molecule has 6 aromatic carbocycles. The second-order valence-electron chi connectivity index (χ2n) is 12.2. The molecule has 0 aromatic heterocycles. The average Bonchev–Trinajstić information content (AvgIpc) is 3.24. The number of hydrogen-bond acceptors (Lipinski definition) is 0. The van der Waals surface area contributed by atoms with E-state index in [1.54, 1.807) is 0 Å². The van der Waals surface area contributed by atoms with Crippen molar-refractivity contribution >= 4 is 28.0 Å². The van der Waals surface area contributed by atoms with Crippen LogP contribution in [-0.4, -0.2) is 6.15 Å². The van der Waals surface area contributed by atoms with E-state index in [9.17, 15) is 52.7 Å². The number of halogens is 20. The SMILES string of the molecule is Fc1c(F)c(F)c([B-](c2c(F)c(F)c(F)c(F)c2F)(c2c(F)c(F)c(F)c(F)c2F)c2c(F)c(F)c(F)c(F)c2F)c(F)c1F.[NH3+]C(c1ccccc1)c1ccccc1. The summed E-state index contributed by atoms with van der Waals surface area (Å²) < 4.78 is 294. The van der Waals surface area contributed by atoms with Gasteiger partial charge in [0.15, 0.2) is 69.8 Å². The van der Waals surface area contributed by atoms with Crippen LogP contribution < -0.4 is 27.6 Å². The van der Waals surface area contributed by atoms with Crippen LogP contribution in [0.15, 0.2) is 60.7 Å². The fraction of sp³-hybridized carbons (Fsp3) is 0.0270. The van der Waals surface area contributed by atoms with Gasteiger partial charge in [0.25, 0.3) is 0 Å². The van der Waals surface area contributed by atoms with Gasteiger partial charge < -0.3 is 5.73 Å². The van der Waals surface area contributed by atoms with Gasteiger partial charge in [-0.2, -0.15) is 0 Å². The Morgan fingerprint density at radius 2 is 0.407 bits per heavy atom. The van der Waals surface area contributed by atoms with Crippen molar-refractivity contribution in [3.63, 3.8) is 0 Å². The van der Waals surface area contributed by atoms with Crippen LogP contribution >= 0.6 is 0 Å². The van der Waals surface area contributed by atoms with Crippen molar-refractivity contribution in [1.82, 2.24) is 0 Å². The molecule has 6 rings (SSSR count). The van der Waals surface area contributed by atoms with E-state index in [2.05, 4.69) is 54.3 Å². The van der Waals surface area contributed by atoms with Crippen LogP contribution in [0.4, 0.5) is 87.8 Å². The number of benzene rings is 6. The molecule has 22 heteroatoms. The number of quaternary nitrogens is 1. The Hall–Kier alpha value is -6.06. The van der Waals surface area contributed by atoms with Crippen molar-refractivity contribution in [1.29, 1.82) is 0 Å². The minimum absolute atomic E-state index is 0.234. The summed E-state index contributed by atoms with van der Waals surface area (Å²) in [5.74, 6) is -71.4. The highest BCUT2D eigenvalue weighted by molar-refractivity contribution is 7.20. The molecule has 59 heavy (non-hydrogen) atoms. The Bertz CT molecular complexity index is 2200. The van der Waals surface area contributed by atoms with Gasteiger partial charge in [-0.3, -0.25) is 0 Å². The maximum Gasteiger partial charge on any atom is 0.200 e. The van der Waals surface area contributed by atoms with E-state index in [0.29, 0.717) is 0 Å². The summed E-state index contributed by atoms with van der Waals surface area (Å²) in [7, 11) is 0. The highest BCUT2D eigenvalue weighted by Gasteiger charge is 2.52. The zero-order valence-electron chi connectivity index (χ0n) is 28.2. The molecule has 0 fully saturated rings. The van der Waals surface area contributed by atoms with Crippen molar-refractivity contribution in [2.24, 2.45) is 0 Å². The molecular formula is C37H14BF20N. The largest absolute Gasteiger partial charge is 0.348 e. The molecule has 0 heterocycles. The smallest absolute Gasteiger partial charge is 0.200 e. The maximum atomic E-state index is 15.4. The molecule has 0 radical (unpaired) electrons. The molecule has 310 valence electrons. The molecule has 3 N–H and O–H groups in total. The molecule has 0 atom stereocenters. The van der Waals surface area contributed by atoms with Crippen LogP contribution in [0, 0.1) is 116 Å². The molecule has 0 spiro atoms. The summed E-state index contributed by atoms with van der Waals surface area (Å²) >= 11 is 0. The third kappa shape index (κ3) is 6.81. The van der Waals surface area contributed by atoms with E-state index in [0.717, 1.165) is 0 Å². The minimum Gasteiger partial charge on any atom is -0.348 e. The third-order valence-corrected chi connectivity index (χ3v) is 9.11. The van der Waals surface area contributed by atoms with Gasteiger partial charge in [0, 0.05) is 11.1 Å². The molecule has 0 aliphatic rings. The fourth-order valence-corrected chi connectivity index (χ4v) is 6.44. The van der Waals surface area contributed by atoms with Gasteiger partial charge in [-0.15, -0.1) is 21.9 Å². The lowest BCUT2D eigenvalue weighted by atomic mass is 9.12. The van der Waals surface area contributed by atoms with Crippen LogP contribution in [0.3, 0.4) is 0 Å². The summed E-state index contributed by atoms with van der Waals surface area (Å²) in [4.78, 5) is 0. The van der Waals surface area contributed by atoms with E-state index < -0.39 is 144 Å². The summed E-state index contributed by atoms with van der Waals surface area (Å²) in [6.45, 7) is 0. The van der Waals surface area contributed by atoms with Crippen LogP contribution in [0.2, 0.25) is 0 Å². The van der Waals surface area contributed by atoms with Crippen LogP contribution in [0.1, 0.15) is 17.2 Å². The van der Waals surface area contributed by atoms with Gasteiger partial charge in [0.05, 0.1) is 0 Å². The Kier molecular flexibility index (Phi) is 12.2. The molecule has 0 unspecified atom stereocenters. The molecular weight excluding hydrogens is 849 g/mol. The quantitative estimate of drug-likeness (QED) is 0.0766. The highest BCUT2D eigenvalue weighted by Crippen LogP contribution is 2.31. The Morgan fingerprint density at radius 3 is 0.576 bits per heavy atom. The van der Waals surface area contributed by atoms with Gasteiger partial charge in [-0.05, 0) is 0 Å². The minimum atomic E-state index is -7.22. The summed E-state index contributed by atoms with van der Waals surface area (Å²) in [6, 6.07) is 21.0. The summed E-state index contributed by atoms with van der Waals surface area (Å²) in [5, 5.41) is 0. The predicted molar refractivity (Wildman–Crippen MR) is 167 cm³/mol. The lowest BCUT2D eigenvalue weighted by Crippen LogP contribution is -2.81. The van der Waals surface area contributed by atoms with Gasteiger partial charge >= 0.3 is 0 Å². The molecule has 0 aliphatic heterocycles. The molecule has 0 amide bonds. The monoisotopic (exact) mass is 863 g/mol. The zero-order valence-corrected chi connectivity index (χ0v) is 28.2. The Morgan fingerprint density at radius 1 is 0.254 bits per heavy atom. The Labute approximate surface area is 315 Å². The van der Waals surface area contributed by atoms with E-state index in [1.165, 1.54) is 11.1 Å².